The molecule has 0 saturated heterocycles. The third kappa shape index (κ3) is 4.62. The molecule has 106 valence electrons. The molecule has 0 radical (unpaired) electrons. The molecular weight excluding hydrogens is 266 g/mol. The van der Waals surface area contributed by atoms with Gasteiger partial charge in [0.05, 0.1) is 10.9 Å². The lowest BCUT2D eigenvalue weighted by Crippen LogP contribution is -2.37. The zero-order valence-corrected chi connectivity index (χ0v) is 11.8. The zero-order chi connectivity index (χ0) is 14.5. The Morgan fingerprint density at radius 2 is 1.89 bits per heavy atom. The molecule has 0 aliphatic rings. The summed E-state index contributed by atoms with van der Waals surface area (Å²) in [5.41, 5.74) is 6.22. The molecule has 4 N–H and O–H groups in total. The number of amides is 1. The fourth-order valence-corrected chi connectivity index (χ4v) is 2.45. The van der Waals surface area contributed by atoms with Crippen LogP contribution in [0.3, 0.4) is 0 Å². The van der Waals surface area contributed by atoms with Gasteiger partial charge in [-0.25, -0.2) is 13.1 Å². The van der Waals surface area contributed by atoms with Crippen LogP contribution in [0.15, 0.2) is 29.2 Å². The number of sulfonamides is 1. The van der Waals surface area contributed by atoms with Crippen molar-refractivity contribution in [3.63, 3.8) is 0 Å². The minimum absolute atomic E-state index is 0.205. The molecule has 0 heterocycles. The molecule has 6 nitrogen and oxygen atoms in total. The summed E-state index contributed by atoms with van der Waals surface area (Å²) in [5.74, 6) is -0.246. The van der Waals surface area contributed by atoms with Crippen LogP contribution in [-0.4, -0.2) is 26.9 Å². The predicted molar refractivity (Wildman–Crippen MR) is 72.8 cm³/mol. The summed E-state index contributed by atoms with van der Waals surface area (Å²) in [7, 11) is -3.43. The van der Waals surface area contributed by atoms with E-state index in [1.807, 2.05) is 0 Å². The van der Waals surface area contributed by atoms with Gasteiger partial charge in [0.1, 0.15) is 0 Å². The Labute approximate surface area is 113 Å². The highest BCUT2D eigenvalue weighted by Crippen LogP contribution is 2.10. The van der Waals surface area contributed by atoms with Crippen molar-refractivity contribution < 1.29 is 13.2 Å². The topological polar surface area (TPSA) is 101 Å². The molecule has 1 atom stereocenters. The largest absolute Gasteiger partial charge is 0.351 e. The van der Waals surface area contributed by atoms with Crippen LogP contribution in [-0.2, 0) is 21.4 Å². The Hall–Kier alpha value is -1.44. The second kappa shape index (κ2) is 6.65. The quantitative estimate of drug-likeness (QED) is 0.682. The summed E-state index contributed by atoms with van der Waals surface area (Å²) in [6, 6.07) is 5.77. The Morgan fingerprint density at radius 3 is 2.37 bits per heavy atom. The number of carbonyl (C=O) groups excluding carboxylic acids is 1. The van der Waals surface area contributed by atoms with Gasteiger partial charge in [0, 0.05) is 13.1 Å². The summed E-state index contributed by atoms with van der Waals surface area (Å²) in [6.07, 6.45) is 0. The van der Waals surface area contributed by atoms with Gasteiger partial charge in [0.2, 0.25) is 15.9 Å². The lowest BCUT2D eigenvalue weighted by molar-refractivity contribution is -0.122. The average molecular weight is 285 g/mol. The van der Waals surface area contributed by atoms with E-state index in [1.54, 1.807) is 26.0 Å². The number of hydrogen-bond acceptors (Lipinski definition) is 4. The van der Waals surface area contributed by atoms with Gasteiger partial charge >= 0.3 is 0 Å². The van der Waals surface area contributed by atoms with Crippen LogP contribution in [0.25, 0.3) is 0 Å². The highest BCUT2D eigenvalue weighted by Gasteiger charge is 2.12. The highest BCUT2D eigenvalue weighted by atomic mass is 32.2. The first-order valence-corrected chi connectivity index (χ1v) is 7.47. The first-order valence-electron chi connectivity index (χ1n) is 5.98. The molecule has 1 aromatic carbocycles. The van der Waals surface area contributed by atoms with Crippen LogP contribution in [0.5, 0.6) is 0 Å². The van der Waals surface area contributed by atoms with Crippen molar-refractivity contribution in [2.24, 2.45) is 5.73 Å². The van der Waals surface area contributed by atoms with E-state index in [2.05, 4.69) is 10.0 Å². The van der Waals surface area contributed by atoms with Crippen LogP contribution >= 0.6 is 0 Å². The maximum atomic E-state index is 11.7. The van der Waals surface area contributed by atoms with E-state index in [0.29, 0.717) is 13.1 Å². The van der Waals surface area contributed by atoms with Crippen LogP contribution in [0.1, 0.15) is 19.4 Å². The minimum Gasteiger partial charge on any atom is -0.351 e. The molecule has 0 unspecified atom stereocenters. The minimum atomic E-state index is -3.43. The number of nitrogens with two attached hydrogens (primary N) is 1. The molecule has 1 amide bonds. The molecule has 0 aliphatic heterocycles. The molecular formula is C12H19N3O3S. The predicted octanol–water partition coefficient (Wildman–Crippen LogP) is -0.0518. The summed E-state index contributed by atoms with van der Waals surface area (Å²) in [5, 5.41) is 2.65. The molecule has 0 aromatic heterocycles. The summed E-state index contributed by atoms with van der Waals surface area (Å²) in [4.78, 5) is 11.5. The van der Waals surface area contributed by atoms with Gasteiger partial charge in [0.15, 0.2) is 0 Å². The van der Waals surface area contributed by atoms with E-state index in [1.165, 1.54) is 12.1 Å². The number of nitrogens with one attached hydrogen (secondary N) is 2. The van der Waals surface area contributed by atoms with Gasteiger partial charge in [-0.2, -0.15) is 0 Å². The molecule has 0 fully saturated rings. The average Bonchev–Trinajstić information content (AvgIpc) is 2.36. The van der Waals surface area contributed by atoms with Crippen molar-refractivity contribution in [1.29, 1.82) is 0 Å². The summed E-state index contributed by atoms with van der Waals surface area (Å²) >= 11 is 0. The highest BCUT2D eigenvalue weighted by molar-refractivity contribution is 7.89. The molecule has 1 aromatic rings. The third-order valence-electron chi connectivity index (χ3n) is 2.45. The fraction of sp³-hybridized carbons (Fsp3) is 0.417. The van der Waals surface area contributed by atoms with Crippen molar-refractivity contribution in [1.82, 2.24) is 10.0 Å². The van der Waals surface area contributed by atoms with E-state index >= 15 is 0 Å². The second-order valence-corrected chi connectivity index (χ2v) is 5.92. The second-order valence-electron chi connectivity index (χ2n) is 4.15. The van der Waals surface area contributed by atoms with Crippen LogP contribution in [0, 0.1) is 0 Å². The maximum Gasteiger partial charge on any atom is 0.240 e. The van der Waals surface area contributed by atoms with Gasteiger partial charge in [-0.05, 0) is 24.6 Å². The number of rotatable bonds is 6. The normalized spacial score (nSPS) is 13.0. The summed E-state index contributed by atoms with van der Waals surface area (Å²) < 4.78 is 25.8. The lowest BCUT2D eigenvalue weighted by Gasteiger charge is -2.09. The fourth-order valence-electron chi connectivity index (χ4n) is 1.41. The number of hydrogen-bond donors (Lipinski definition) is 3. The van der Waals surface area contributed by atoms with Gasteiger partial charge in [-0.15, -0.1) is 0 Å². The first kappa shape index (κ1) is 15.6. The Balaban J connectivity index is 2.70. The van der Waals surface area contributed by atoms with Gasteiger partial charge in [-0.3, -0.25) is 4.79 Å². The van der Waals surface area contributed by atoms with Crippen molar-refractivity contribution >= 4 is 15.9 Å². The van der Waals surface area contributed by atoms with E-state index in [9.17, 15) is 13.2 Å². The van der Waals surface area contributed by atoms with Crippen molar-refractivity contribution in [2.75, 3.05) is 6.54 Å². The molecule has 0 aliphatic carbocycles. The maximum absolute atomic E-state index is 11.7. The Bertz CT molecular complexity index is 524. The standard InChI is InChI=1S/C12H19N3O3S/c1-3-15-19(17,18)11-6-4-10(5-7-11)8-14-12(16)9(2)13/h4-7,9,15H,3,8,13H2,1-2H3,(H,14,16)/t9-/m1/s1. The van der Waals surface area contributed by atoms with E-state index in [-0.39, 0.29) is 10.8 Å². The van der Waals surface area contributed by atoms with E-state index in [4.69, 9.17) is 5.73 Å². The van der Waals surface area contributed by atoms with E-state index < -0.39 is 16.1 Å². The van der Waals surface area contributed by atoms with Crippen molar-refractivity contribution in [2.45, 2.75) is 31.3 Å². The van der Waals surface area contributed by atoms with Gasteiger partial charge < -0.3 is 11.1 Å². The SMILES string of the molecule is CCNS(=O)(=O)c1ccc(CNC(=O)[C@@H](C)N)cc1. The third-order valence-corrected chi connectivity index (χ3v) is 4.01. The van der Waals surface area contributed by atoms with Crippen LogP contribution < -0.4 is 15.8 Å². The molecule has 0 spiro atoms. The Kier molecular flexibility index (Phi) is 5.46. The number of benzene rings is 1. The first-order chi connectivity index (χ1) is 8.86. The molecule has 7 heteroatoms. The van der Waals surface area contributed by atoms with Gasteiger partial charge in [-0.1, -0.05) is 19.1 Å². The molecule has 19 heavy (non-hydrogen) atoms. The Morgan fingerprint density at radius 1 is 1.32 bits per heavy atom. The lowest BCUT2D eigenvalue weighted by atomic mass is 10.2. The number of carbonyl (C=O) groups is 1. The van der Waals surface area contributed by atoms with Gasteiger partial charge in [0.25, 0.3) is 0 Å². The van der Waals surface area contributed by atoms with Crippen LogP contribution in [0.2, 0.25) is 0 Å². The molecule has 1 rings (SSSR count). The smallest absolute Gasteiger partial charge is 0.240 e. The molecule has 0 bridgehead atoms. The monoisotopic (exact) mass is 285 g/mol. The van der Waals surface area contributed by atoms with Crippen molar-refractivity contribution in [3.8, 4) is 0 Å². The van der Waals surface area contributed by atoms with Crippen molar-refractivity contribution in [3.05, 3.63) is 29.8 Å². The zero-order valence-electron chi connectivity index (χ0n) is 11.0. The summed E-state index contributed by atoms with van der Waals surface area (Å²) in [6.45, 7) is 3.98. The van der Waals surface area contributed by atoms with E-state index in [0.717, 1.165) is 5.56 Å². The molecule has 0 saturated carbocycles. The van der Waals surface area contributed by atoms with Crippen LogP contribution in [0.4, 0.5) is 0 Å².